The molecule has 144 valence electrons. The molecule has 0 spiro atoms. The number of anilines is 3. The normalized spacial score (nSPS) is 12.3. The van der Waals surface area contributed by atoms with Crippen molar-refractivity contribution in [1.82, 2.24) is 9.97 Å². The molecule has 0 bridgehead atoms. The maximum absolute atomic E-state index is 5.62. The van der Waals surface area contributed by atoms with Crippen molar-refractivity contribution >= 4 is 17.3 Å². The van der Waals surface area contributed by atoms with Crippen molar-refractivity contribution in [3.8, 4) is 17.2 Å². The molecule has 28 heavy (non-hydrogen) atoms. The van der Waals surface area contributed by atoms with E-state index < -0.39 is 0 Å². The van der Waals surface area contributed by atoms with Gasteiger partial charge in [0.2, 0.25) is 0 Å². The zero-order valence-corrected chi connectivity index (χ0v) is 15.6. The summed E-state index contributed by atoms with van der Waals surface area (Å²) in [5, 5.41) is 6.60. The molecule has 7 nitrogen and oxygen atoms in total. The summed E-state index contributed by atoms with van der Waals surface area (Å²) in [6.07, 6.45) is 2.40. The summed E-state index contributed by atoms with van der Waals surface area (Å²) in [5.41, 5.74) is 2.08. The second kappa shape index (κ2) is 8.47. The summed E-state index contributed by atoms with van der Waals surface area (Å²) in [5.74, 6) is 3.83. The van der Waals surface area contributed by atoms with Crippen molar-refractivity contribution < 1.29 is 14.2 Å². The lowest BCUT2D eigenvalue weighted by atomic mass is 10.1. The van der Waals surface area contributed by atoms with Crippen molar-refractivity contribution in [1.29, 1.82) is 0 Å². The molecule has 2 aromatic carbocycles. The molecular weight excluding hydrogens is 356 g/mol. The first kappa shape index (κ1) is 17.9. The highest BCUT2D eigenvalue weighted by atomic mass is 16.6. The van der Waals surface area contributed by atoms with Crippen LogP contribution in [0.15, 0.2) is 54.9 Å². The molecule has 0 fully saturated rings. The van der Waals surface area contributed by atoms with E-state index >= 15 is 0 Å². The van der Waals surface area contributed by atoms with E-state index in [4.69, 9.17) is 14.2 Å². The van der Waals surface area contributed by atoms with Gasteiger partial charge in [-0.15, -0.1) is 0 Å². The number of hydrogen-bond donors (Lipinski definition) is 2. The average molecular weight is 378 g/mol. The first-order valence-electron chi connectivity index (χ1n) is 9.16. The highest BCUT2D eigenvalue weighted by molar-refractivity contribution is 5.63. The van der Waals surface area contributed by atoms with E-state index in [0.29, 0.717) is 19.0 Å². The molecule has 7 heteroatoms. The SMILES string of the molecule is COc1cccc(CCNc2cc(Nc3ccc4c(c3)OCCO4)ncn2)c1. The van der Waals surface area contributed by atoms with Crippen LogP contribution >= 0.6 is 0 Å². The fourth-order valence-electron chi connectivity index (χ4n) is 2.95. The summed E-state index contributed by atoms with van der Waals surface area (Å²) < 4.78 is 16.4. The predicted molar refractivity (Wildman–Crippen MR) is 108 cm³/mol. The molecule has 1 aromatic heterocycles. The van der Waals surface area contributed by atoms with Gasteiger partial charge in [-0.25, -0.2) is 9.97 Å². The standard InChI is InChI=1S/C21H22N4O3/c1-26-17-4-2-3-15(11-17)7-8-22-20-13-21(24-14-23-20)25-16-5-6-18-19(12-16)28-10-9-27-18/h2-6,11-14H,7-10H2,1H3,(H2,22,23,24,25). The number of nitrogens with one attached hydrogen (secondary N) is 2. The van der Waals surface area contributed by atoms with Gasteiger partial charge in [-0.3, -0.25) is 0 Å². The third-order valence-electron chi connectivity index (χ3n) is 4.34. The van der Waals surface area contributed by atoms with Crippen LogP contribution in [0.3, 0.4) is 0 Å². The van der Waals surface area contributed by atoms with Gasteiger partial charge in [-0.05, 0) is 36.2 Å². The Morgan fingerprint density at radius 1 is 0.964 bits per heavy atom. The molecule has 3 aromatic rings. The second-order valence-corrected chi connectivity index (χ2v) is 6.30. The van der Waals surface area contributed by atoms with Crippen LogP contribution in [0.1, 0.15) is 5.56 Å². The van der Waals surface area contributed by atoms with Crippen LogP contribution in [0.4, 0.5) is 17.3 Å². The number of methoxy groups -OCH3 is 1. The zero-order chi connectivity index (χ0) is 19.2. The smallest absolute Gasteiger partial charge is 0.163 e. The first-order chi connectivity index (χ1) is 13.8. The van der Waals surface area contributed by atoms with Gasteiger partial charge in [0.1, 0.15) is 36.9 Å². The number of hydrogen-bond acceptors (Lipinski definition) is 7. The molecule has 0 unspecified atom stereocenters. The molecule has 0 saturated carbocycles. The predicted octanol–water partition coefficient (Wildman–Crippen LogP) is 3.65. The number of ether oxygens (including phenoxy) is 3. The third-order valence-corrected chi connectivity index (χ3v) is 4.34. The zero-order valence-electron chi connectivity index (χ0n) is 15.6. The number of rotatable bonds is 7. The first-order valence-corrected chi connectivity index (χ1v) is 9.16. The molecule has 0 saturated heterocycles. The van der Waals surface area contributed by atoms with Crippen molar-refractivity contribution in [2.24, 2.45) is 0 Å². The Balaban J connectivity index is 1.36. The van der Waals surface area contributed by atoms with Gasteiger partial charge in [-0.2, -0.15) is 0 Å². The minimum atomic E-state index is 0.561. The fourth-order valence-corrected chi connectivity index (χ4v) is 2.95. The lowest BCUT2D eigenvalue weighted by molar-refractivity contribution is 0.171. The largest absolute Gasteiger partial charge is 0.497 e. The summed E-state index contributed by atoms with van der Waals surface area (Å²) in [4.78, 5) is 8.57. The molecule has 2 N–H and O–H groups in total. The number of nitrogens with zero attached hydrogens (tertiary/aromatic N) is 2. The van der Waals surface area contributed by atoms with Gasteiger partial charge in [0.15, 0.2) is 11.5 Å². The molecule has 0 aliphatic carbocycles. The van der Waals surface area contributed by atoms with Crippen LogP contribution < -0.4 is 24.8 Å². The van der Waals surface area contributed by atoms with E-state index in [1.165, 1.54) is 11.9 Å². The summed E-state index contributed by atoms with van der Waals surface area (Å²) >= 11 is 0. The highest BCUT2D eigenvalue weighted by Gasteiger charge is 2.12. The van der Waals surface area contributed by atoms with Crippen molar-refractivity contribution in [3.63, 3.8) is 0 Å². The third kappa shape index (κ3) is 4.43. The van der Waals surface area contributed by atoms with E-state index in [1.807, 2.05) is 42.5 Å². The molecule has 1 aliphatic heterocycles. The molecule has 1 aliphatic rings. The minimum Gasteiger partial charge on any atom is -0.497 e. The van der Waals surface area contributed by atoms with Gasteiger partial charge < -0.3 is 24.8 Å². The van der Waals surface area contributed by atoms with E-state index in [9.17, 15) is 0 Å². The summed E-state index contributed by atoms with van der Waals surface area (Å²) in [6, 6.07) is 15.7. The highest BCUT2D eigenvalue weighted by Crippen LogP contribution is 2.33. The van der Waals surface area contributed by atoms with Gasteiger partial charge in [-0.1, -0.05) is 12.1 Å². The summed E-state index contributed by atoms with van der Waals surface area (Å²) in [6.45, 7) is 1.90. The monoisotopic (exact) mass is 378 g/mol. The van der Waals surface area contributed by atoms with E-state index in [-0.39, 0.29) is 0 Å². The molecule has 0 atom stereocenters. The quantitative estimate of drug-likeness (QED) is 0.650. The lowest BCUT2D eigenvalue weighted by Gasteiger charge is -2.19. The van der Waals surface area contributed by atoms with E-state index in [0.717, 1.165) is 41.7 Å². The van der Waals surface area contributed by atoms with Crippen molar-refractivity contribution in [3.05, 3.63) is 60.4 Å². The van der Waals surface area contributed by atoms with E-state index in [2.05, 4.69) is 26.7 Å². The number of benzene rings is 2. The van der Waals surface area contributed by atoms with Crippen LogP contribution in [0.25, 0.3) is 0 Å². The van der Waals surface area contributed by atoms with Crippen LogP contribution in [0, 0.1) is 0 Å². The Labute approximate surface area is 163 Å². The Kier molecular flexibility index (Phi) is 5.42. The Bertz CT molecular complexity index is 948. The van der Waals surface area contributed by atoms with Gasteiger partial charge in [0.25, 0.3) is 0 Å². The van der Waals surface area contributed by atoms with Gasteiger partial charge in [0, 0.05) is 24.4 Å². The van der Waals surface area contributed by atoms with Crippen LogP contribution in [0.5, 0.6) is 17.2 Å². The van der Waals surface area contributed by atoms with Crippen LogP contribution in [-0.4, -0.2) is 36.8 Å². The summed E-state index contributed by atoms with van der Waals surface area (Å²) in [7, 11) is 1.68. The van der Waals surface area contributed by atoms with Gasteiger partial charge in [0.05, 0.1) is 7.11 Å². The average Bonchev–Trinajstić information content (AvgIpc) is 2.74. The minimum absolute atomic E-state index is 0.561. The maximum atomic E-state index is 5.62. The second-order valence-electron chi connectivity index (χ2n) is 6.30. The Hall–Kier alpha value is -3.48. The Morgan fingerprint density at radius 3 is 2.71 bits per heavy atom. The van der Waals surface area contributed by atoms with Gasteiger partial charge >= 0.3 is 0 Å². The lowest BCUT2D eigenvalue weighted by Crippen LogP contribution is -2.15. The number of fused-ring (bicyclic) bond motifs is 1. The van der Waals surface area contributed by atoms with E-state index in [1.54, 1.807) is 7.11 Å². The number of aromatic nitrogens is 2. The molecule has 4 rings (SSSR count). The molecule has 0 radical (unpaired) electrons. The van der Waals surface area contributed by atoms with Crippen molar-refractivity contribution in [2.75, 3.05) is 37.5 Å². The topological polar surface area (TPSA) is 77.5 Å². The van der Waals surface area contributed by atoms with Crippen LogP contribution in [-0.2, 0) is 6.42 Å². The maximum Gasteiger partial charge on any atom is 0.163 e. The Morgan fingerprint density at radius 2 is 1.82 bits per heavy atom. The molecule has 2 heterocycles. The molecular formula is C21H22N4O3. The van der Waals surface area contributed by atoms with Crippen molar-refractivity contribution in [2.45, 2.75) is 6.42 Å². The molecule has 0 amide bonds. The van der Waals surface area contributed by atoms with Crippen LogP contribution in [0.2, 0.25) is 0 Å². The fraction of sp³-hybridized carbons (Fsp3) is 0.238.